The van der Waals surface area contributed by atoms with E-state index in [0.717, 1.165) is 39.4 Å². The Labute approximate surface area is 249 Å². The number of hydrogen-bond donors (Lipinski definition) is 2. The second-order valence-electron chi connectivity index (χ2n) is 10.4. The van der Waals surface area contributed by atoms with Gasteiger partial charge in [-0.05, 0) is 26.0 Å². The van der Waals surface area contributed by atoms with Crippen molar-refractivity contribution >= 4 is 40.4 Å². The number of nitrogens with zero attached hydrogens (tertiary/aromatic N) is 5. The third kappa shape index (κ3) is 5.63. The van der Waals surface area contributed by atoms with E-state index in [1.165, 1.54) is 19.5 Å². The quantitative estimate of drug-likeness (QED) is 0.280. The average molecular weight is 597 g/mol. The van der Waals surface area contributed by atoms with E-state index in [4.69, 9.17) is 48.6 Å². The van der Waals surface area contributed by atoms with Crippen molar-refractivity contribution in [2.24, 2.45) is 0 Å². The van der Waals surface area contributed by atoms with Crippen LogP contribution in [0.2, 0.25) is 10.0 Å². The molecule has 0 spiro atoms. The number of nitrogen functional groups attached to an aromatic ring is 1. The van der Waals surface area contributed by atoms with Gasteiger partial charge < -0.3 is 24.8 Å². The zero-order chi connectivity index (χ0) is 29.3. The van der Waals surface area contributed by atoms with E-state index in [0.29, 0.717) is 55.3 Å². The fourth-order valence-electron chi connectivity index (χ4n) is 5.42. The Balaban J connectivity index is 1.39. The molecule has 12 heteroatoms. The van der Waals surface area contributed by atoms with E-state index >= 15 is 0 Å². The Bertz CT molecular complexity index is 1490. The first-order valence-corrected chi connectivity index (χ1v) is 13.9. The molecule has 3 N–H and O–H groups in total. The van der Waals surface area contributed by atoms with Crippen LogP contribution in [0, 0.1) is 16.7 Å². The molecule has 1 aromatic carbocycles. The smallest absolute Gasteiger partial charge is 0.162 e. The van der Waals surface area contributed by atoms with Crippen LogP contribution in [0.3, 0.4) is 0 Å². The van der Waals surface area contributed by atoms with Crippen molar-refractivity contribution in [2.45, 2.75) is 25.5 Å². The highest BCUT2D eigenvalue weighted by molar-refractivity contribution is 6.35. The van der Waals surface area contributed by atoms with Crippen molar-refractivity contribution in [3.05, 3.63) is 69.1 Å². The van der Waals surface area contributed by atoms with E-state index in [1.807, 2.05) is 0 Å². The first-order chi connectivity index (χ1) is 19.6. The van der Waals surface area contributed by atoms with Gasteiger partial charge in [0.15, 0.2) is 11.5 Å². The molecule has 0 amide bonds. The molecule has 0 saturated carbocycles. The van der Waals surface area contributed by atoms with Crippen molar-refractivity contribution in [2.75, 3.05) is 57.1 Å². The van der Waals surface area contributed by atoms with E-state index in [9.17, 15) is 5.26 Å². The molecule has 2 fully saturated rings. The van der Waals surface area contributed by atoms with Crippen LogP contribution in [0.1, 0.15) is 42.2 Å². The molecule has 0 bridgehead atoms. The summed E-state index contributed by atoms with van der Waals surface area (Å²) in [6, 6.07) is 7.17. The number of anilines is 2. The molecule has 2 aliphatic heterocycles. The number of benzene rings is 1. The molecule has 214 valence electrons. The second kappa shape index (κ2) is 11.7. The summed E-state index contributed by atoms with van der Waals surface area (Å²) in [4.78, 5) is 13.1. The van der Waals surface area contributed by atoms with Crippen LogP contribution in [0.4, 0.5) is 11.5 Å². The summed E-state index contributed by atoms with van der Waals surface area (Å²) in [5.41, 5.74) is 8.61. The summed E-state index contributed by atoms with van der Waals surface area (Å²) in [6.07, 6.45) is 4.04. The number of methoxy groups -OCH3 is 1. The van der Waals surface area contributed by atoms with Gasteiger partial charge in [-0.15, -0.1) is 0 Å². The van der Waals surface area contributed by atoms with Crippen molar-refractivity contribution in [3.8, 4) is 17.6 Å². The van der Waals surface area contributed by atoms with Crippen LogP contribution in [0.15, 0.2) is 36.8 Å². The molecule has 2 aromatic heterocycles. The fraction of sp³-hybridized carbons (Fsp3) is 0.379. The maximum Gasteiger partial charge on any atom is 0.162 e. The zero-order valence-electron chi connectivity index (χ0n) is 23.1. The second-order valence-corrected chi connectivity index (χ2v) is 11.2. The monoisotopic (exact) mass is 595 g/mol. The topological polar surface area (TPSA) is 134 Å². The molecule has 0 unspecified atom stereocenters. The Hall–Kier alpha value is -3.62. The number of halogens is 2. The first-order valence-electron chi connectivity index (χ1n) is 13.2. The molecule has 0 aliphatic carbocycles. The Morgan fingerprint density at radius 3 is 2.46 bits per heavy atom. The van der Waals surface area contributed by atoms with Crippen LogP contribution < -0.4 is 20.1 Å². The SMILES string of the molecule is COc1cc(N)c(C(=N)c2cnc(N3CC(C)(N4CCOCC4)C3)c(C#N)c2)cc1O[C@H](C)c1c(Cl)cncc1Cl. The van der Waals surface area contributed by atoms with Gasteiger partial charge in [-0.3, -0.25) is 15.3 Å². The predicted molar refractivity (Wildman–Crippen MR) is 159 cm³/mol. The fourth-order valence-corrected chi connectivity index (χ4v) is 6.09. The maximum atomic E-state index is 9.96. The van der Waals surface area contributed by atoms with Crippen LogP contribution in [-0.4, -0.2) is 72.6 Å². The van der Waals surface area contributed by atoms with Crippen LogP contribution in [-0.2, 0) is 4.74 Å². The molecule has 1 atom stereocenters. The average Bonchev–Trinajstić information content (AvgIpc) is 2.95. The number of nitriles is 1. The van der Waals surface area contributed by atoms with Crippen molar-refractivity contribution < 1.29 is 14.2 Å². The van der Waals surface area contributed by atoms with Gasteiger partial charge in [0, 0.05) is 73.2 Å². The number of nitrogens with one attached hydrogen (secondary N) is 1. The van der Waals surface area contributed by atoms with E-state index in [1.54, 1.807) is 31.3 Å². The molecule has 2 aliphatic rings. The van der Waals surface area contributed by atoms with Gasteiger partial charge in [-0.2, -0.15) is 5.26 Å². The van der Waals surface area contributed by atoms with Gasteiger partial charge in [-0.1, -0.05) is 23.2 Å². The molecule has 4 heterocycles. The van der Waals surface area contributed by atoms with Gasteiger partial charge in [0.2, 0.25) is 0 Å². The maximum absolute atomic E-state index is 9.96. The minimum Gasteiger partial charge on any atom is -0.493 e. The highest BCUT2D eigenvalue weighted by Crippen LogP contribution is 2.39. The lowest BCUT2D eigenvalue weighted by molar-refractivity contribution is -0.0266. The van der Waals surface area contributed by atoms with Crippen LogP contribution in [0.5, 0.6) is 11.5 Å². The number of pyridine rings is 2. The molecule has 0 radical (unpaired) electrons. The lowest BCUT2D eigenvalue weighted by atomic mass is 9.89. The summed E-state index contributed by atoms with van der Waals surface area (Å²) in [5, 5.41) is 19.6. The van der Waals surface area contributed by atoms with Gasteiger partial charge in [0.25, 0.3) is 0 Å². The third-order valence-corrected chi connectivity index (χ3v) is 8.22. The zero-order valence-corrected chi connectivity index (χ0v) is 24.6. The Morgan fingerprint density at radius 2 is 1.83 bits per heavy atom. The van der Waals surface area contributed by atoms with Gasteiger partial charge >= 0.3 is 0 Å². The molecular formula is C29H31Cl2N7O3. The number of aromatic nitrogens is 2. The molecular weight excluding hydrogens is 565 g/mol. The first kappa shape index (κ1) is 28.9. The lowest BCUT2D eigenvalue weighted by Gasteiger charge is -2.55. The minimum absolute atomic E-state index is 0.0133. The summed E-state index contributed by atoms with van der Waals surface area (Å²) >= 11 is 12.7. The summed E-state index contributed by atoms with van der Waals surface area (Å²) in [6.45, 7) is 8.83. The lowest BCUT2D eigenvalue weighted by Crippen LogP contribution is -2.70. The van der Waals surface area contributed by atoms with Crippen molar-refractivity contribution in [1.29, 1.82) is 10.7 Å². The normalized spacial score (nSPS) is 17.3. The van der Waals surface area contributed by atoms with Gasteiger partial charge in [0.05, 0.1) is 47.2 Å². The van der Waals surface area contributed by atoms with E-state index < -0.39 is 6.10 Å². The molecule has 5 rings (SSSR count). The number of rotatable bonds is 8. The van der Waals surface area contributed by atoms with E-state index in [-0.39, 0.29) is 11.3 Å². The third-order valence-electron chi connectivity index (χ3n) is 7.62. The molecule has 2 saturated heterocycles. The van der Waals surface area contributed by atoms with Crippen LogP contribution >= 0.6 is 23.2 Å². The summed E-state index contributed by atoms with van der Waals surface area (Å²) < 4.78 is 17.2. The van der Waals surface area contributed by atoms with E-state index in [2.05, 4.69) is 32.8 Å². The minimum atomic E-state index is -0.552. The predicted octanol–water partition coefficient (Wildman–Crippen LogP) is 4.71. The number of ether oxygens (including phenoxy) is 3. The molecule has 3 aromatic rings. The number of nitrogens with two attached hydrogens (primary N) is 1. The van der Waals surface area contributed by atoms with Gasteiger partial charge in [-0.25, -0.2) is 4.98 Å². The van der Waals surface area contributed by atoms with Crippen molar-refractivity contribution in [3.63, 3.8) is 0 Å². The Morgan fingerprint density at radius 1 is 1.15 bits per heavy atom. The standard InChI is InChI=1S/C29H31Cl2N7O3/c1-17(26-21(30)13-35-14-22(26)31)41-25-9-20(23(33)10-24(25)39-3)27(34)19-8-18(11-32)28(36-12-19)37-15-29(2,16-37)38-4-6-40-7-5-38/h8-10,12-14,17,34H,4-7,15-16,33H2,1-3H3/t17-/m1/s1. The van der Waals surface area contributed by atoms with Crippen LogP contribution in [0.25, 0.3) is 0 Å². The molecule has 41 heavy (non-hydrogen) atoms. The van der Waals surface area contributed by atoms with Gasteiger partial charge in [0.1, 0.15) is 18.0 Å². The number of hydrogen-bond acceptors (Lipinski definition) is 10. The summed E-state index contributed by atoms with van der Waals surface area (Å²) in [7, 11) is 1.51. The summed E-state index contributed by atoms with van der Waals surface area (Å²) in [5.74, 6) is 1.35. The highest BCUT2D eigenvalue weighted by atomic mass is 35.5. The molecule has 10 nitrogen and oxygen atoms in total. The van der Waals surface area contributed by atoms with Crippen molar-refractivity contribution in [1.82, 2.24) is 14.9 Å². The Kier molecular flexibility index (Phi) is 8.25. The highest BCUT2D eigenvalue weighted by Gasteiger charge is 2.45. The largest absolute Gasteiger partial charge is 0.493 e. The number of morpholine rings is 1.